The van der Waals surface area contributed by atoms with E-state index in [-0.39, 0.29) is 12.3 Å². The third-order valence-corrected chi connectivity index (χ3v) is 1.88. The van der Waals surface area contributed by atoms with Gasteiger partial charge in [-0.05, 0) is 19.1 Å². The number of rotatable bonds is 5. The van der Waals surface area contributed by atoms with Crippen molar-refractivity contribution in [2.45, 2.75) is 13.5 Å². The van der Waals surface area contributed by atoms with E-state index in [9.17, 15) is 4.79 Å². The highest BCUT2D eigenvalue weighted by atomic mass is 16.3. The Morgan fingerprint density at radius 3 is 2.76 bits per heavy atom. The van der Waals surface area contributed by atoms with Crippen molar-refractivity contribution in [3.05, 3.63) is 35.8 Å². The topological polar surface area (TPSA) is 107 Å². The average molecular weight is 236 g/mol. The van der Waals surface area contributed by atoms with E-state index in [1.807, 2.05) is 6.92 Å². The average Bonchev–Trinajstić information content (AvgIpc) is 2.72. The monoisotopic (exact) mass is 236 g/mol. The van der Waals surface area contributed by atoms with Gasteiger partial charge >= 0.3 is 0 Å². The zero-order chi connectivity index (χ0) is 12.8. The van der Waals surface area contributed by atoms with Crippen molar-refractivity contribution in [1.82, 2.24) is 5.32 Å². The number of hydrogen-bond acceptors (Lipinski definition) is 3. The molecule has 5 N–H and O–H groups in total. The molecule has 0 bridgehead atoms. The van der Waals surface area contributed by atoms with Crippen molar-refractivity contribution in [3.63, 3.8) is 0 Å². The third-order valence-electron chi connectivity index (χ3n) is 1.88. The summed E-state index contributed by atoms with van der Waals surface area (Å²) in [4.78, 5) is 14.8. The maximum absolute atomic E-state index is 10.8. The Morgan fingerprint density at radius 1 is 1.53 bits per heavy atom. The van der Waals surface area contributed by atoms with E-state index in [0.29, 0.717) is 18.3 Å². The lowest BCUT2D eigenvalue weighted by atomic mass is 10.3. The second-order valence-corrected chi connectivity index (χ2v) is 3.64. The molecule has 6 heteroatoms. The zero-order valence-corrected chi connectivity index (χ0v) is 9.69. The lowest BCUT2D eigenvalue weighted by molar-refractivity contribution is 0.0972. The van der Waals surface area contributed by atoms with E-state index in [1.54, 1.807) is 6.07 Å². The Kier molecular flexibility index (Phi) is 4.33. The molecule has 0 aliphatic rings. The molecule has 1 aromatic heterocycles. The molecule has 0 saturated heterocycles. The molecule has 0 radical (unpaired) electrons. The van der Waals surface area contributed by atoms with Crippen molar-refractivity contribution in [2.24, 2.45) is 16.5 Å². The van der Waals surface area contributed by atoms with Gasteiger partial charge in [0.15, 0.2) is 11.7 Å². The number of nitrogens with one attached hydrogen (secondary N) is 1. The highest BCUT2D eigenvalue weighted by Gasteiger charge is 2.06. The van der Waals surface area contributed by atoms with Gasteiger partial charge in [0.2, 0.25) is 0 Å². The summed E-state index contributed by atoms with van der Waals surface area (Å²) in [6, 6.07) is 3.14. The summed E-state index contributed by atoms with van der Waals surface area (Å²) in [6.07, 6.45) is 0. The maximum Gasteiger partial charge on any atom is 0.284 e. The molecular formula is C11H16N4O2. The molecule has 6 nitrogen and oxygen atoms in total. The number of carbonyl (C=O) groups is 1. The van der Waals surface area contributed by atoms with Crippen LogP contribution in [0.2, 0.25) is 0 Å². The second kappa shape index (κ2) is 5.74. The molecule has 0 unspecified atom stereocenters. The van der Waals surface area contributed by atoms with E-state index in [2.05, 4.69) is 16.9 Å². The first kappa shape index (κ1) is 12.8. The maximum atomic E-state index is 10.8. The van der Waals surface area contributed by atoms with Gasteiger partial charge in [0.25, 0.3) is 5.91 Å². The number of primary amides is 1. The van der Waals surface area contributed by atoms with Crippen molar-refractivity contribution < 1.29 is 9.21 Å². The Morgan fingerprint density at radius 2 is 2.24 bits per heavy atom. The summed E-state index contributed by atoms with van der Waals surface area (Å²) < 4.78 is 5.14. The van der Waals surface area contributed by atoms with Gasteiger partial charge in [0, 0.05) is 6.54 Å². The quantitative estimate of drug-likeness (QED) is 0.389. The predicted molar refractivity (Wildman–Crippen MR) is 65.4 cm³/mol. The van der Waals surface area contributed by atoms with Crippen LogP contribution in [-0.4, -0.2) is 18.4 Å². The van der Waals surface area contributed by atoms with E-state index >= 15 is 0 Å². The minimum Gasteiger partial charge on any atom is -0.454 e. The number of furan rings is 1. The summed E-state index contributed by atoms with van der Waals surface area (Å²) >= 11 is 0. The minimum absolute atomic E-state index is 0.115. The van der Waals surface area contributed by atoms with Gasteiger partial charge in [-0.25, -0.2) is 4.99 Å². The van der Waals surface area contributed by atoms with E-state index in [1.165, 1.54) is 6.07 Å². The molecular weight excluding hydrogens is 220 g/mol. The molecule has 1 heterocycles. The number of nitrogens with two attached hydrogens (primary N) is 2. The molecule has 1 aromatic rings. The fourth-order valence-corrected chi connectivity index (χ4v) is 1.06. The molecule has 0 aromatic carbocycles. The molecule has 0 aliphatic carbocycles. The second-order valence-electron chi connectivity index (χ2n) is 3.64. The fraction of sp³-hybridized carbons (Fsp3) is 0.273. The summed E-state index contributed by atoms with van der Waals surface area (Å²) in [7, 11) is 0. The van der Waals surface area contributed by atoms with Gasteiger partial charge in [-0.3, -0.25) is 4.79 Å². The highest BCUT2D eigenvalue weighted by molar-refractivity contribution is 5.89. The Hall–Kier alpha value is -2.24. The van der Waals surface area contributed by atoms with Crippen LogP contribution in [-0.2, 0) is 6.54 Å². The molecule has 1 amide bonds. The van der Waals surface area contributed by atoms with Crippen molar-refractivity contribution in [3.8, 4) is 0 Å². The number of hydrogen-bond donors (Lipinski definition) is 3. The van der Waals surface area contributed by atoms with Gasteiger partial charge in [0.05, 0.1) is 0 Å². The van der Waals surface area contributed by atoms with Crippen LogP contribution in [0.5, 0.6) is 0 Å². The Labute approximate surface area is 99.4 Å². The fourth-order valence-electron chi connectivity index (χ4n) is 1.06. The molecule has 17 heavy (non-hydrogen) atoms. The van der Waals surface area contributed by atoms with Crippen LogP contribution in [0, 0.1) is 0 Å². The van der Waals surface area contributed by atoms with E-state index in [4.69, 9.17) is 15.9 Å². The van der Waals surface area contributed by atoms with Crippen LogP contribution in [0.3, 0.4) is 0 Å². The summed E-state index contributed by atoms with van der Waals surface area (Å²) in [6.45, 7) is 6.43. The largest absolute Gasteiger partial charge is 0.454 e. The molecule has 0 aliphatic heterocycles. The lowest BCUT2D eigenvalue weighted by Gasteiger charge is -2.03. The van der Waals surface area contributed by atoms with Gasteiger partial charge < -0.3 is 21.2 Å². The first-order valence-electron chi connectivity index (χ1n) is 5.05. The number of guanidine groups is 1. The summed E-state index contributed by atoms with van der Waals surface area (Å²) in [5.41, 5.74) is 11.6. The summed E-state index contributed by atoms with van der Waals surface area (Å²) in [5.74, 6) is 0.334. The molecule has 0 fully saturated rings. The predicted octanol–water partition coefficient (Wildman–Crippen LogP) is 0.359. The van der Waals surface area contributed by atoms with E-state index in [0.717, 1.165) is 5.57 Å². The molecule has 0 spiro atoms. The van der Waals surface area contributed by atoms with Gasteiger partial charge in [-0.15, -0.1) is 0 Å². The number of carbonyl (C=O) groups excluding carboxylic acids is 1. The van der Waals surface area contributed by atoms with Crippen LogP contribution >= 0.6 is 0 Å². The van der Waals surface area contributed by atoms with Crippen LogP contribution in [0.15, 0.2) is 33.7 Å². The van der Waals surface area contributed by atoms with Gasteiger partial charge in [-0.2, -0.15) is 0 Å². The van der Waals surface area contributed by atoms with E-state index < -0.39 is 5.91 Å². The highest BCUT2D eigenvalue weighted by Crippen LogP contribution is 2.07. The van der Waals surface area contributed by atoms with Gasteiger partial charge in [-0.1, -0.05) is 12.2 Å². The van der Waals surface area contributed by atoms with Crippen LogP contribution in [0.25, 0.3) is 0 Å². The molecule has 0 saturated carbocycles. The third kappa shape index (κ3) is 4.42. The van der Waals surface area contributed by atoms with Crippen molar-refractivity contribution >= 4 is 11.9 Å². The Balaban J connectivity index is 2.50. The first-order chi connectivity index (χ1) is 7.99. The smallest absolute Gasteiger partial charge is 0.284 e. The number of nitrogens with zero attached hydrogens (tertiary/aromatic N) is 1. The molecule has 92 valence electrons. The van der Waals surface area contributed by atoms with Crippen molar-refractivity contribution in [2.75, 3.05) is 6.54 Å². The molecule has 1 rings (SSSR count). The van der Waals surface area contributed by atoms with Crippen LogP contribution in [0.1, 0.15) is 23.2 Å². The Bertz CT molecular complexity index is 448. The first-order valence-corrected chi connectivity index (χ1v) is 5.05. The standard InChI is InChI=1S/C11H16N4O2/c1-7(2)5-14-11(13)15-6-8-3-4-9(17-8)10(12)16/h3-4H,1,5-6H2,2H3,(H2,12,16)(H3,13,14,15). The van der Waals surface area contributed by atoms with Crippen LogP contribution < -0.4 is 16.8 Å². The van der Waals surface area contributed by atoms with Crippen LogP contribution in [0.4, 0.5) is 0 Å². The molecule has 0 atom stereocenters. The normalized spacial score (nSPS) is 11.2. The SMILES string of the molecule is C=C(C)CNC(N)=NCc1ccc(C(N)=O)o1. The summed E-state index contributed by atoms with van der Waals surface area (Å²) in [5, 5.41) is 2.88. The zero-order valence-electron chi connectivity index (χ0n) is 9.69. The number of amides is 1. The van der Waals surface area contributed by atoms with Crippen molar-refractivity contribution in [1.29, 1.82) is 0 Å². The van der Waals surface area contributed by atoms with Gasteiger partial charge in [0.1, 0.15) is 12.3 Å². The minimum atomic E-state index is -0.603. The number of aliphatic imine (C=N–C) groups is 1. The lowest BCUT2D eigenvalue weighted by Crippen LogP contribution is -2.32.